The summed E-state index contributed by atoms with van der Waals surface area (Å²) in [7, 11) is 0. The van der Waals surface area contributed by atoms with Crippen LogP contribution in [0.1, 0.15) is 17.5 Å². The SMILES string of the molecule is O=C(O)/C=C/c1cc(CCCBr)ccc1Br. The molecule has 4 heteroatoms. The smallest absolute Gasteiger partial charge is 0.328 e. The highest BCUT2D eigenvalue weighted by Gasteiger charge is 1.99. The topological polar surface area (TPSA) is 37.3 Å². The molecule has 0 heterocycles. The van der Waals surface area contributed by atoms with Crippen molar-refractivity contribution in [2.75, 3.05) is 5.33 Å². The minimum absolute atomic E-state index is 0.898. The molecule has 1 aromatic rings. The Bertz CT molecular complexity index is 400. The number of benzene rings is 1. The fraction of sp³-hybridized carbons (Fsp3) is 0.250. The predicted molar refractivity (Wildman–Crippen MR) is 72.9 cm³/mol. The van der Waals surface area contributed by atoms with Gasteiger partial charge in [-0.05, 0) is 36.1 Å². The first-order chi connectivity index (χ1) is 7.63. The third-order valence-corrected chi connectivity index (χ3v) is 3.35. The van der Waals surface area contributed by atoms with E-state index in [1.807, 2.05) is 18.2 Å². The van der Waals surface area contributed by atoms with Gasteiger partial charge in [0.05, 0.1) is 0 Å². The molecule has 0 aromatic heterocycles. The summed E-state index contributed by atoms with van der Waals surface area (Å²) in [6.07, 6.45) is 4.81. The van der Waals surface area contributed by atoms with Crippen LogP contribution in [0.4, 0.5) is 0 Å². The van der Waals surface area contributed by atoms with Gasteiger partial charge < -0.3 is 5.11 Å². The van der Waals surface area contributed by atoms with Crippen LogP contribution in [0.5, 0.6) is 0 Å². The molecule has 1 aromatic carbocycles. The Morgan fingerprint density at radius 2 is 2.19 bits per heavy atom. The quantitative estimate of drug-likeness (QED) is 0.648. The Labute approximate surface area is 112 Å². The van der Waals surface area contributed by atoms with Crippen molar-refractivity contribution in [2.24, 2.45) is 0 Å². The fourth-order valence-corrected chi connectivity index (χ4v) is 1.97. The molecule has 0 saturated carbocycles. The molecule has 0 unspecified atom stereocenters. The Morgan fingerprint density at radius 1 is 1.44 bits per heavy atom. The van der Waals surface area contributed by atoms with E-state index in [0.29, 0.717) is 0 Å². The maximum absolute atomic E-state index is 10.4. The maximum Gasteiger partial charge on any atom is 0.328 e. The van der Waals surface area contributed by atoms with E-state index in [2.05, 4.69) is 31.9 Å². The molecule has 0 atom stereocenters. The van der Waals surface area contributed by atoms with E-state index >= 15 is 0 Å². The van der Waals surface area contributed by atoms with Gasteiger partial charge >= 0.3 is 5.97 Å². The zero-order valence-corrected chi connectivity index (χ0v) is 11.8. The second kappa shape index (κ2) is 6.86. The number of aliphatic carboxylic acids is 1. The first-order valence-corrected chi connectivity index (χ1v) is 6.80. The Balaban J connectivity index is 2.85. The molecule has 0 aliphatic heterocycles. The lowest BCUT2D eigenvalue weighted by atomic mass is 10.1. The number of carboxylic acid groups (broad SMARTS) is 1. The number of hydrogen-bond donors (Lipinski definition) is 1. The van der Waals surface area contributed by atoms with Gasteiger partial charge in [0.15, 0.2) is 0 Å². The van der Waals surface area contributed by atoms with Crippen LogP contribution in [0.25, 0.3) is 6.08 Å². The standard InChI is InChI=1S/C12H12Br2O2/c13-7-1-2-9-3-5-11(14)10(8-9)4-6-12(15)16/h3-6,8H,1-2,7H2,(H,15,16)/b6-4+. The highest BCUT2D eigenvalue weighted by molar-refractivity contribution is 9.10. The number of rotatable bonds is 5. The molecule has 0 spiro atoms. The van der Waals surface area contributed by atoms with Gasteiger partial charge in [0, 0.05) is 15.9 Å². The van der Waals surface area contributed by atoms with Crippen molar-refractivity contribution >= 4 is 43.9 Å². The van der Waals surface area contributed by atoms with Gasteiger partial charge in [-0.3, -0.25) is 0 Å². The van der Waals surface area contributed by atoms with Crippen LogP contribution >= 0.6 is 31.9 Å². The summed E-state index contributed by atoms with van der Waals surface area (Å²) in [5.74, 6) is -0.933. The summed E-state index contributed by atoms with van der Waals surface area (Å²) in [4.78, 5) is 10.4. The molecule has 16 heavy (non-hydrogen) atoms. The van der Waals surface area contributed by atoms with Gasteiger partial charge in [-0.25, -0.2) is 4.79 Å². The third kappa shape index (κ3) is 4.49. The predicted octanol–water partition coefficient (Wildman–Crippen LogP) is 3.87. The van der Waals surface area contributed by atoms with Crippen molar-refractivity contribution in [1.82, 2.24) is 0 Å². The van der Waals surface area contributed by atoms with Gasteiger partial charge in [-0.2, -0.15) is 0 Å². The number of carbonyl (C=O) groups is 1. The third-order valence-electron chi connectivity index (χ3n) is 2.06. The minimum Gasteiger partial charge on any atom is -0.478 e. The zero-order chi connectivity index (χ0) is 12.0. The van der Waals surface area contributed by atoms with E-state index in [1.165, 1.54) is 5.56 Å². The van der Waals surface area contributed by atoms with Crippen molar-refractivity contribution in [2.45, 2.75) is 12.8 Å². The number of carboxylic acids is 1. The van der Waals surface area contributed by atoms with Gasteiger partial charge in [0.25, 0.3) is 0 Å². The van der Waals surface area contributed by atoms with Gasteiger partial charge in [-0.15, -0.1) is 0 Å². The van der Waals surface area contributed by atoms with E-state index in [9.17, 15) is 4.79 Å². The molecule has 0 aliphatic rings. The van der Waals surface area contributed by atoms with Gasteiger partial charge in [-0.1, -0.05) is 44.0 Å². The second-order valence-corrected chi connectivity index (χ2v) is 4.97. The molecular formula is C12H12Br2O2. The van der Waals surface area contributed by atoms with Gasteiger partial charge in [0.1, 0.15) is 0 Å². The summed E-state index contributed by atoms with van der Waals surface area (Å²) in [5.41, 5.74) is 2.11. The fourth-order valence-electron chi connectivity index (χ4n) is 1.31. The average Bonchev–Trinajstić information content (AvgIpc) is 2.26. The molecule has 0 saturated heterocycles. The highest BCUT2D eigenvalue weighted by atomic mass is 79.9. The van der Waals surface area contributed by atoms with Crippen molar-refractivity contribution < 1.29 is 9.90 Å². The van der Waals surface area contributed by atoms with Crippen LogP contribution in [-0.2, 0) is 11.2 Å². The Hall–Kier alpha value is -0.610. The van der Waals surface area contributed by atoms with Crippen molar-refractivity contribution in [3.8, 4) is 0 Å². The summed E-state index contributed by atoms with van der Waals surface area (Å²) < 4.78 is 0.910. The molecule has 2 nitrogen and oxygen atoms in total. The average molecular weight is 348 g/mol. The number of alkyl halides is 1. The molecule has 0 bridgehead atoms. The molecule has 86 valence electrons. The van der Waals surface area contributed by atoms with E-state index in [0.717, 1.165) is 34.3 Å². The number of halogens is 2. The number of hydrogen-bond acceptors (Lipinski definition) is 1. The van der Waals surface area contributed by atoms with Crippen LogP contribution in [0.15, 0.2) is 28.7 Å². The van der Waals surface area contributed by atoms with Crippen LogP contribution in [0.3, 0.4) is 0 Å². The summed E-state index contributed by atoms with van der Waals surface area (Å²) in [5, 5.41) is 9.54. The normalized spacial score (nSPS) is 10.9. The second-order valence-electron chi connectivity index (χ2n) is 3.32. The molecule has 0 amide bonds. The van der Waals surface area contributed by atoms with Gasteiger partial charge in [0.2, 0.25) is 0 Å². The van der Waals surface area contributed by atoms with Crippen molar-refractivity contribution in [1.29, 1.82) is 0 Å². The van der Waals surface area contributed by atoms with Crippen molar-refractivity contribution in [3.05, 3.63) is 39.9 Å². The zero-order valence-electron chi connectivity index (χ0n) is 8.62. The summed E-state index contributed by atoms with van der Waals surface area (Å²) in [6, 6.07) is 6.00. The van der Waals surface area contributed by atoms with Crippen molar-refractivity contribution in [3.63, 3.8) is 0 Å². The van der Waals surface area contributed by atoms with E-state index in [-0.39, 0.29) is 0 Å². The Kier molecular flexibility index (Phi) is 5.77. The molecule has 0 aliphatic carbocycles. The summed E-state index contributed by atoms with van der Waals surface area (Å²) in [6.45, 7) is 0. The first kappa shape index (κ1) is 13.5. The van der Waals surface area contributed by atoms with Crippen LogP contribution in [-0.4, -0.2) is 16.4 Å². The first-order valence-electron chi connectivity index (χ1n) is 4.89. The number of aryl methyl sites for hydroxylation is 1. The highest BCUT2D eigenvalue weighted by Crippen LogP contribution is 2.20. The van der Waals surface area contributed by atoms with Crippen LogP contribution < -0.4 is 0 Å². The Morgan fingerprint density at radius 3 is 2.81 bits per heavy atom. The molecule has 0 radical (unpaired) electrons. The van der Waals surface area contributed by atoms with Crippen LogP contribution in [0.2, 0.25) is 0 Å². The largest absolute Gasteiger partial charge is 0.478 e. The lowest BCUT2D eigenvalue weighted by molar-refractivity contribution is -0.131. The monoisotopic (exact) mass is 346 g/mol. The summed E-state index contributed by atoms with van der Waals surface area (Å²) >= 11 is 6.78. The lowest BCUT2D eigenvalue weighted by Crippen LogP contribution is -1.89. The molecular weight excluding hydrogens is 336 g/mol. The van der Waals surface area contributed by atoms with Crippen LogP contribution in [0, 0.1) is 0 Å². The molecule has 1 N–H and O–H groups in total. The lowest BCUT2D eigenvalue weighted by Gasteiger charge is -2.03. The van der Waals surface area contributed by atoms with E-state index in [1.54, 1.807) is 6.08 Å². The maximum atomic E-state index is 10.4. The van der Waals surface area contributed by atoms with E-state index in [4.69, 9.17) is 5.11 Å². The van der Waals surface area contributed by atoms with E-state index < -0.39 is 5.97 Å². The molecule has 1 rings (SSSR count). The minimum atomic E-state index is -0.933. The molecule has 0 fully saturated rings.